The van der Waals surface area contributed by atoms with Crippen molar-refractivity contribution in [2.45, 2.75) is 19.8 Å². The van der Waals surface area contributed by atoms with E-state index >= 15 is 0 Å². The zero-order chi connectivity index (χ0) is 11.4. The normalized spacial score (nSPS) is 10.1. The van der Waals surface area contributed by atoms with Crippen LogP contribution in [0.15, 0.2) is 15.9 Å². The summed E-state index contributed by atoms with van der Waals surface area (Å²) in [4.78, 5) is 23.9. The van der Waals surface area contributed by atoms with E-state index in [1.54, 1.807) is 11.9 Å². The second-order valence-electron chi connectivity index (χ2n) is 3.23. The van der Waals surface area contributed by atoms with Crippen LogP contribution in [0.4, 0.5) is 5.00 Å². The van der Waals surface area contributed by atoms with Gasteiger partial charge in [0, 0.05) is 19.9 Å². The van der Waals surface area contributed by atoms with Gasteiger partial charge in [0.1, 0.15) is 5.78 Å². The molecule has 0 aliphatic heterocycles. The van der Waals surface area contributed by atoms with Crippen molar-refractivity contribution in [1.82, 2.24) is 0 Å². The van der Waals surface area contributed by atoms with Gasteiger partial charge < -0.3 is 9.69 Å². The number of ketones is 1. The maximum Gasteiger partial charge on any atom is 0.227 e. The summed E-state index contributed by atoms with van der Waals surface area (Å²) in [6.07, 6.45) is 0.594. The molecule has 0 unspecified atom stereocenters. The molecule has 0 saturated carbocycles. The molecular formula is C10H12BrNO2S. The molecule has 0 saturated heterocycles. The van der Waals surface area contributed by atoms with Crippen LogP contribution in [0.5, 0.6) is 0 Å². The van der Waals surface area contributed by atoms with Gasteiger partial charge in [0.2, 0.25) is 5.91 Å². The monoisotopic (exact) mass is 289 g/mol. The molecule has 5 heteroatoms. The average Bonchev–Trinajstić information content (AvgIpc) is 2.60. The molecule has 1 rings (SSSR count). The SMILES string of the molecule is CC(=O)CCC(=O)N(C)c1ccc(Br)s1. The molecule has 0 aliphatic carbocycles. The van der Waals surface area contributed by atoms with Gasteiger partial charge in [-0.1, -0.05) is 0 Å². The molecule has 0 atom stereocenters. The lowest BCUT2D eigenvalue weighted by Gasteiger charge is -2.14. The summed E-state index contributed by atoms with van der Waals surface area (Å²) < 4.78 is 0.990. The Morgan fingerprint density at radius 2 is 2.07 bits per heavy atom. The molecule has 0 N–H and O–H groups in total. The molecule has 1 amide bonds. The number of thiophene rings is 1. The van der Waals surface area contributed by atoms with Gasteiger partial charge in [0.05, 0.1) is 8.79 Å². The van der Waals surface area contributed by atoms with E-state index in [-0.39, 0.29) is 18.1 Å². The topological polar surface area (TPSA) is 37.4 Å². The highest BCUT2D eigenvalue weighted by Crippen LogP contribution is 2.29. The van der Waals surface area contributed by atoms with Crippen molar-refractivity contribution in [3.8, 4) is 0 Å². The van der Waals surface area contributed by atoms with E-state index in [9.17, 15) is 9.59 Å². The Balaban J connectivity index is 2.56. The highest BCUT2D eigenvalue weighted by atomic mass is 79.9. The summed E-state index contributed by atoms with van der Waals surface area (Å²) in [7, 11) is 1.72. The van der Waals surface area contributed by atoms with Crippen LogP contribution < -0.4 is 4.90 Å². The van der Waals surface area contributed by atoms with Gasteiger partial charge in [-0.05, 0) is 35.0 Å². The summed E-state index contributed by atoms with van der Waals surface area (Å²) in [5, 5.41) is 0.885. The molecule has 15 heavy (non-hydrogen) atoms. The Hall–Kier alpha value is -0.680. The molecule has 1 aromatic rings. The Morgan fingerprint density at radius 1 is 1.40 bits per heavy atom. The minimum absolute atomic E-state index is 0.0282. The molecule has 3 nitrogen and oxygen atoms in total. The minimum atomic E-state index is -0.0282. The smallest absolute Gasteiger partial charge is 0.227 e. The summed E-state index contributed by atoms with van der Waals surface area (Å²) in [5.41, 5.74) is 0. The second kappa shape index (κ2) is 5.42. The number of carbonyl (C=O) groups is 2. The van der Waals surface area contributed by atoms with Crippen LogP contribution in [0.2, 0.25) is 0 Å². The number of hydrogen-bond acceptors (Lipinski definition) is 3. The summed E-state index contributed by atoms with van der Waals surface area (Å²) in [5.74, 6) is 0.0173. The fourth-order valence-electron chi connectivity index (χ4n) is 1.06. The number of halogens is 1. The number of hydrogen-bond donors (Lipinski definition) is 0. The van der Waals surface area contributed by atoms with Crippen LogP contribution in [0.25, 0.3) is 0 Å². The number of carbonyl (C=O) groups excluding carboxylic acids is 2. The first-order valence-corrected chi connectivity index (χ1v) is 6.13. The van der Waals surface area contributed by atoms with Gasteiger partial charge >= 0.3 is 0 Å². The predicted octanol–water partition coefficient (Wildman–Crippen LogP) is 2.84. The van der Waals surface area contributed by atoms with Crippen molar-refractivity contribution in [1.29, 1.82) is 0 Å². The third kappa shape index (κ3) is 3.76. The lowest BCUT2D eigenvalue weighted by Crippen LogP contribution is -2.25. The van der Waals surface area contributed by atoms with E-state index in [1.165, 1.54) is 18.3 Å². The second-order valence-corrected chi connectivity index (χ2v) is 5.67. The first kappa shape index (κ1) is 12.4. The molecule has 0 spiro atoms. The van der Waals surface area contributed by atoms with E-state index in [2.05, 4.69) is 15.9 Å². The van der Waals surface area contributed by atoms with E-state index in [4.69, 9.17) is 0 Å². The highest BCUT2D eigenvalue weighted by molar-refractivity contribution is 9.11. The summed E-state index contributed by atoms with van der Waals surface area (Å²) in [6.45, 7) is 1.50. The van der Waals surface area contributed by atoms with Gasteiger partial charge in [0.25, 0.3) is 0 Å². The average molecular weight is 290 g/mol. The van der Waals surface area contributed by atoms with Gasteiger partial charge in [-0.15, -0.1) is 11.3 Å². The predicted molar refractivity (Wildman–Crippen MR) is 65.3 cm³/mol. The van der Waals surface area contributed by atoms with Crippen molar-refractivity contribution in [3.63, 3.8) is 0 Å². The van der Waals surface area contributed by atoms with E-state index in [0.29, 0.717) is 6.42 Å². The van der Waals surface area contributed by atoms with Crippen LogP contribution >= 0.6 is 27.3 Å². The number of anilines is 1. The Labute approximate surface area is 101 Å². The molecule has 0 radical (unpaired) electrons. The Kier molecular flexibility index (Phi) is 4.47. The molecule has 82 valence electrons. The molecular weight excluding hydrogens is 278 g/mol. The van der Waals surface area contributed by atoms with Crippen molar-refractivity contribution in [2.75, 3.05) is 11.9 Å². The fraction of sp³-hybridized carbons (Fsp3) is 0.400. The number of Topliss-reactive ketones (excluding diaryl/α,β-unsaturated/α-hetero) is 1. The van der Waals surface area contributed by atoms with E-state index in [0.717, 1.165) is 8.79 Å². The van der Waals surface area contributed by atoms with Crippen LogP contribution in [-0.2, 0) is 9.59 Å². The maximum atomic E-state index is 11.6. The first-order valence-electron chi connectivity index (χ1n) is 4.52. The van der Waals surface area contributed by atoms with E-state index < -0.39 is 0 Å². The molecule has 1 heterocycles. The zero-order valence-corrected chi connectivity index (χ0v) is 11.0. The van der Waals surface area contributed by atoms with Crippen molar-refractivity contribution in [3.05, 3.63) is 15.9 Å². The third-order valence-corrected chi connectivity index (χ3v) is 3.65. The Morgan fingerprint density at radius 3 is 2.53 bits per heavy atom. The lowest BCUT2D eigenvalue weighted by molar-refractivity contribution is -0.122. The van der Waals surface area contributed by atoms with Gasteiger partial charge in [0.15, 0.2) is 0 Å². The lowest BCUT2D eigenvalue weighted by atomic mass is 10.2. The van der Waals surface area contributed by atoms with Gasteiger partial charge in [-0.2, -0.15) is 0 Å². The van der Waals surface area contributed by atoms with Gasteiger partial charge in [-0.25, -0.2) is 0 Å². The first-order chi connectivity index (χ1) is 7.00. The molecule has 0 fully saturated rings. The minimum Gasteiger partial charge on any atom is -0.307 e. The third-order valence-electron chi connectivity index (χ3n) is 1.95. The Bertz CT molecular complexity index is 375. The van der Waals surface area contributed by atoms with Gasteiger partial charge in [-0.3, -0.25) is 4.79 Å². The zero-order valence-electron chi connectivity index (χ0n) is 8.62. The molecule has 0 aliphatic rings. The summed E-state index contributed by atoms with van der Waals surface area (Å²) >= 11 is 4.83. The highest BCUT2D eigenvalue weighted by Gasteiger charge is 2.12. The standard InChI is InChI=1S/C10H12BrNO2S/c1-7(13)3-5-9(14)12(2)10-6-4-8(11)15-10/h4,6H,3,5H2,1-2H3. The van der Waals surface area contributed by atoms with Crippen LogP contribution in [0, 0.1) is 0 Å². The summed E-state index contributed by atoms with van der Waals surface area (Å²) in [6, 6.07) is 3.77. The molecule has 0 aromatic carbocycles. The molecule has 0 bridgehead atoms. The van der Waals surface area contributed by atoms with Crippen LogP contribution in [-0.4, -0.2) is 18.7 Å². The van der Waals surface area contributed by atoms with Crippen molar-refractivity contribution in [2.24, 2.45) is 0 Å². The van der Waals surface area contributed by atoms with Crippen molar-refractivity contribution < 1.29 is 9.59 Å². The van der Waals surface area contributed by atoms with Crippen molar-refractivity contribution >= 4 is 44.0 Å². The maximum absolute atomic E-state index is 11.6. The van der Waals surface area contributed by atoms with Crippen LogP contribution in [0.1, 0.15) is 19.8 Å². The number of amides is 1. The quantitative estimate of drug-likeness (QED) is 0.855. The van der Waals surface area contributed by atoms with E-state index in [1.807, 2.05) is 12.1 Å². The largest absolute Gasteiger partial charge is 0.307 e. The fourth-order valence-corrected chi connectivity index (χ4v) is 2.40. The molecule has 1 aromatic heterocycles. The van der Waals surface area contributed by atoms with Crippen LogP contribution in [0.3, 0.4) is 0 Å². The number of nitrogens with zero attached hydrogens (tertiary/aromatic N) is 1. The number of rotatable bonds is 4.